The Morgan fingerprint density at radius 3 is 2.20 bits per heavy atom. The lowest BCUT2D eigenvalue weighted by molar-refractivity contribution is -0.126. The van der Waals surface area contributed by atoms with Gasteiger partial charge in [0.05, 0.1) is 10.0 Å². The molecule has 0 N–H and O–H groups in total. The zero-order chi connectivity index (χ0) is 17.8. The number of anilines is 1. The minimum absolute atomic E-state index is 0.0174. The van der Waals surface area contributed by atoms with Crippen molar-refractivity contribution in [1.29, 1.82) is 0 Å². The number of amides is 1. The van der Waals surface area contributed by atoms with Crippen molar-refractivity contribution in [1.82, 2.24) is 4.90 Å². The molecule has 0 aromatic heterocycles. The average molecular weight is 396 g/mol. The van der Waals surface area contributed by atoms with Crippen molar-refractivity contribution in [2.24, 2.45) is 0 Å². The van der Waals surface area contributed by atoms with Crippen LogP contribution >= 0.6 is 34.8 Å². The highest BCUT2D eigenvalue weighted by atomic mass is 35.5. The van der Waals surface area contributed by atoms with Crippen molar-refractivity contribution < 1.29 is 4.79 Å². The third kappa shape index (κ3) is 4.69. The summed E-state index contributed by atoms with van der Waals surface area (Å²) in [5, 5.41) is 1.78. The summed E-state index contributed by atoms with van der Waals surface area (Å²) in [4.78, 5) is 16.4. The molecule has 0 unspecified atom stereocenters. The molecule has 1 aliphatic heterocycles. The first-order chi connectivity index (χ1) is 12.0. The summed E-state index contributed by atoms with van der Waals surface area (Å²) in [7, 11) is 0. The van der Waals surface area contributed by atoms with Gasteiger partial charge >= 0.3 is 0 Å². The van der Waals surface area contributed by atoms with Gasteiger partial charge in [-0.05, 0) is 42.0 Å². The monoisotopic (exact) mass is 394 g/mol. The highest BCUT2D eigenvalue weighted by Crippen LogP contribution is 2.27. The standard InChI is InChI=1S/C19H17Cl3N2O/c20-15-4-1-14(2-5-15)3-8-19(25)24-11-9-23(10-12-24)16-6-7-17(21)18(22)13-16/h1-8,13H,9-12H2/b8-3+. The van der Waals surface area contributed by atoms with Gasteiger partial charge in [0.15, 0.2) is 0 Å². The number of nitrogens with zero attached hydrogens (tertiary/aromatic N) is 2. The van der Waals surface area contributed by atoms with E-state index in [2.05, 4.69) is 4.90 Å². The molecule has 3 rings (SSSR count). The number of halogens is 3. The summed E-state index contributed by atoms with van der Waals surface area (Å²) in [5.74, 6) is 0.0174. The van der Waals surface area contributed by atoms with E-state index >= 15 is 0 Å². The number of hydrogen-bond donors (Lipinski definition) is 0. The van der Waals surface area contributed by atoms with Crippen LogP contribution in [0.15, 0.2) is 48.5 Å². The zero-order valence-corrected chi connectivity index (χ0v) is 15.7. The molecule has 0 bridgehead atoms. The van der Waals surface area contributed by atoms with Crippen LogP contribution in [-0.2, 0) is 4.79 Å². The van der Waals surface area contributed by atoms with Gasteiger partial charge in [-0.15, -0.1) is 0 Å². The molecule has 3 nitrogen and oxygen atoms in total. The van der Waals surface area contributed by atoms with Crippen molar-refractivity contribution in [3.8, 4) is 0 Å². The highest BCUT2D eigenvalue weighted by molar-refractivity contribution is 6.42. The van der Waals surface area contributed by atoms with Crippen LogP contribution in [-0.4, -0.2) is 37.0 Å². The van der Waals surface area contributed by atoms with E-state index in [0.29, 0.717) is 28.2 Å². The summed E-state index contributed by atoms with van der Waals surface area (Å²) >= 11 is 17.9. The Kier molecular flexibility index (Phi) is 5.89. The predicted octanol–water partition coefficient (Wildman–Crippen LogP) is 5.01. The Morgan fingerprint density at radius 1 is 0.880 bits per heavy atom. The molecule has 1 fully saturated rings. The van der Waals surface area contributed by atoms with Crippen LogP contribution in [0.25, 0.3) is 6.08 Å². The van der Waals surface area contributed by atoms with Gasteiger partial charge in [0.2, 0.25) is 5.91 Å². The second-order valence-corrected chi connectivity index (χ2v) is 7.05. The van der Waals surface area contributed by atoms with Gasteiger partial charge in [-0.3, -0.25) is 4.79 Å². The Morgan fingerprint density at radius 2 is 1.56 bits per heavy atom. The lowest BCUT2D eigenvalue weighted by atomic mass is 10.2. The number of benzene rings is 2. The highest BCUT2D eigenvalue weighted by Gasteiger charge is 2.20. The number of carbonyl (C=O) groups excluding carboxylic acids is 1. The molecule has 130 valence electrons. The maximum atomic E-state index is 12.3. The lowest BCUT2D eigenvalue weighted by Gasteiger charge is -2.35. The Hall–Kier alpha value is -1.68. The first-order valence-electron chi connectivity index (χ1n) is 7.95. The topological polar surface area (TPSA) is 23.6 Å². The van der Waals surface area contributed by atoms with Crippen molar-refractivity contribution >= 4 is 52.5 Å². The normalized spacial score (nSPS) is 15.0. The summed E-state index contributed by atoms with van der Waals surface area (Å²) in [6.45, 7) is 2.87. The number of carbonyl (C=O) groups is 1. The predicted molar refractivity (Wildman–Crippen MR) is 106 cm³/mol. The summed E-state index contributed by atoms with van der Waals surface area (Å²) in [6.07, 6.45) is 3.42. The van der Waals surface area contributed by atoms with Crippen molar-refractivity contribution in [2.75, 3.05) is 31.1 Å². The molecule has 25 heavy (non-hydrogen) atoms. The first-order valence-corrected chi connectivity index (χ1v) is 9.09. The number of piperazine rings is 1. The second-order valence-electron chi connectivity index (χ2n) is 5.80. The van der Waals surface area contributed by atoms with E-state index in [1.807, 2.05) is 47.4 Å². The van der Waals surface area contributed by atoms with Gasteiger partial charge in [-0.25, -0.2) is 0 Å². The molecule has 0 aliphatic carbocycles. The average Bonchev–Trinajstić information content (AvgIpc) is 2.63. The molecular weight excluding hydrogens is 379 g/mol. The molecule has 0 radical (unpaired) electrons. The van der Waals surface area contributed by atoms with Gasteiger partial charge in [-0.2, -0.15) is 0 Å². The molecule has 1 amide bonds. The van der Waals surface area contributed by atoms with Crippen LogP contribution in [0.5, 0.6) is 0 Å². The molecule has 2 aromatic carbocycles. The van der Waals surface area contributed by atoms with Crippen LogP contribution < -0.4 is 4.90 Å². The molecule has 2 aromatic rings. The molecule has 1 saturated heterocycles. The molecule has 0 spiro atoms. The Bertz CT molecular complexity index is 782. The summed E-state index contributed by atoms with van der Waals surface area (Å²) in [5.41, 5.74) is 1.98. The van der Waals surface area contributed by atoms with E-state index in [4.69, 9.17) is 34.8 Å². The number of hydrogen-bond acceptors (Lipinski definition) is 2. The van der Waals surface area contributed by atoms with E-state index in [9.17, 15) is 4.79 Å². The van der Waals surface area contributed by atoms with Gasteiger partial charge in [0.25, 0.3) is 0 Å². The van der Waals surface area contributed by atoms with E-state index < -0.39 is 0 Å². The molecule has 1 heterocycles. The van der Waals surface area contributed by atoms with Gasteiger partial charge in [0, 0.05) is 43.0 Å². The quantitative estimate of drug-likeness (QED) is 0.682. The van der Waals surface area contributed by atoms with Crippen molar-refractivity contribution in [2.45, 2.75) is 0 Å². The maximum absolute atomic E-state index is 12.3. The van der Waals surface area contributed by atoms with Crippen LogP contribution in [0.2, 0.25) is 15.1 Å². The van der Waals surface area contributed by atoms with Gasteiger partial charge in [0.1, 0.15) is 0 Å². The van der Waals surface area contributed by atoms with Crippen molar-refractivity contribution in [3.63, 3.8) is 0 Å². The molecule has 6 heteroatoms. The fourth-order valence-electron chi connectivity index (χ4n) is 2.71. The van der Waals surface area contributed by atoms with Crippen molar-refractivity contribution in [3.05, 3.63) is 69.2 Å². The minimum atomic E-state index is 0.0174. The van der Waals surface area contributed by atoms with Crippen LogP contribution in [0, 0.1) is 0 Å². The van der Waals surface area contributed by atoms with Gasteiger partial charge < -0.3 is 9.80 Å². The first kappa shape index (κ1) is 18.1. The minimum Gasteiger partial charge on any atom is -0.368 e. The SMILES string of the molecule is O=C(/C=C/c1ccc(Cl)cc1)N1CCN(c2ccc(Cl)c(Cl)c2)CC1. The zero-order valence-electron chi connectivity index (χ0n) is 13.5. The van der Waals surface area contributed by atoms with E-state index in [-0.39, 0.29) is 5.91 Å². The molecule has 1 aliphatic rings. The fraction of sp³-hybridized carbons (Fsp3) is 0.211. The molecule has 0 saturated carbocycles. The largest absolute Gasteiger partial charge is 0.368 e. The Labute approximate surface area is 162 Å². The van der Waals surface area contributed by atoms with E-state index in [0.717, 1.165) is 24.3 Å². The Balaban J connectivity index is 1.57. The van der Waals surface area contributed by atoms with E-state index in [1.54, 1.807) is 12.1 Å². The van der Waals surface area contributed by atoms with Crippen LogP contribution in [0.4, 0.5) is 5.69 Å². The smallest absolute Gasteiger partial charge is 0.246 e. The summed E-state index contributed by atoms with van der Waals surface area (Å²) < 4.78 is 0. The van der Waals surface area contributed by atoms with E-state index in [1.165, 1.54) is 0 Å². The van der Waals surface area contributed by atoms with Crippen LogP contribution in [0.1, 0.15) is 5.56 Å². The molecular formula is C19H17Cl3N2O. The maximum Gasteiger partial charge on any atom is 0.246 e. The summed E-state index contributed by atoms with van der Waals surface area (Å²) in [6, 6.07) is 13.0. The fourth-order valence-corrected chi connectivity index (χ4v) is 3.13. The molecule has 0 atom stereocenters. The van der Waals surface area contributed by atoms with Gasteiger partial charge in [-0.1, -0.05) is 46.9 Å². The third-order valence-electron chi connectivity index (χ3n) is 4.15. The van der Waals surface area contributed by atoms with Crippen LogP contribution in [0.3, 0.4) is 0 Å². The third-order valence-corrected chi connectivity index (χ3v) is 5.14. The second kappa shape index (κ2) is 8.13. The lowest BCUT2D eigenvalue weighted by Crippen LogP contribution is -2.48. The number of rotatable bonds is 3.